The zero-order chi connectivity index (χ0) is 13.7. The summed E-state index contributed by atoms with van der Waals surface area (Å²) in [6.07, 6.45) is 0. The van der Waals surface area contributed by atoms with Crippen LogP contribution >= 0.6 is 11.6 Å². The quantitative estimate of drug-likeness (QED) is 0.889. The summed E-state index contributed by atoms with van der Waals surface area (Å²) in [5.41, 5.74) is 2.25. The lowest BCUT2D eigenvalue weighted by molar-refractivity contribution is 0.334. The monoisotopic (exact) mass is 275 g/mol. The average Bonchev–Trinajstić information content (AvgIpc) is 2.42. The molecule has 2 nitrogen and oxygen atoms in total. The molecule has 0 bridgehead atoms. The van der Waals surface area contributed by atoms with Crippen molar-refractivity contribution in [3.05, 3.63) is 64.7 Å². The lowest BCUT2D eigenvalue weighted by atomic mass is 9.98. The van der Waals surface area contributed by atoms with Crippen molar-refractivity contribution in [1.29, 1.82) is 0 Å². The van der Waals surface area contributed by atoms with Gasteiger partial charge in [0.1, 0.15) is 5.75 Å². The van der Waals surface area contributed by atoms with Crippen molar-refractivity contribution in [3.63, 3.8) is 0 Å². The van der Waals surface area contributed by atoms with Gasteiger partial charge in [0.05, 0.1) is 12.6 Å². The molecule has 19 heavy (non-hydrogen) atoms. The van der Waals surface area contributed by atoms with Crippen LogP contribution in [0.4, 0.5) is 0 Å². The SMILES string of the molecule is CCOc1ccccc1C(NC)c1cccc(Cl)c1. The zero-order valence-electron chi connectivity index (χ0n) is 11.2. The van der Waals surface area contributed by atoms with Crippen molar-refractivity contribution >= 4 is 11.6 Å². The van der Waals surface area contributed by atoms with E-state index in [1.165, 1.54) is 0 Å². The molecular weight excluding hydrogens is 258 g/mol. The van der Waals surface area contributed by atoms with Crippen molar-refractivity contribution in [2.24, 2.45) is 0 Å². The van der Waals surface area contributed by atoms with Gasteiger partial charge in [-0.2, -0.15) is 0 Å². The topological polar surface area (TPSA) is 21.3 Å². The van der Waals surface area contributed by atoms with E-state index in [0.717, 1.165) is 21.9 Å². The standard InChI is InChI=1S/C16H18ClNO/c1-3-19-15-10-5-4-9-14(15)16(18-2)12-7-6-8-13(17)11-12/h4-11,16,18H,3H2,1-2H3. The Morgan fingerprint density at radius 1 is 1.16 bits per heavy atom. The Balaban J connectivity index is 2.42. The second kappa shape index (κ2) is 6.60. The molecule has 1 N–H and O–H groups in total. The van der Waals surface area contributed by atoms with Crippen LogP contribution in [0.1, 0.15) is 24.1 Å². The largest absolute Gasteiger partial charge is 0.494 e. The molecule has 0 aliphatic carbocycles. The molecule has 2 aromatic rings. The van der Waals surface area contributed by atoms with Crippen LogP contribution in [0.15, 0.2) is 48.5 Å². The van der Waals surface area contributed by atoms with E-state index >= 15 is 0 Å². The van der Waals surface area contributed by atoms with Crippen molar-refractivity contribution in [2.75, 3.05) is 13.7 Å². The zero-order valence-corrected chi connectivity index (χ0v) is 11.9. The second-order valence-corrected chi connectivity index (χ2v) is 4.68. The summed E-state index contributed by atoms with van der Waals surface area (Å²) in [7, 11) is 1.94. The molecule has 0 aliphatic rings. The Morgan fingerprint density at radius 2 is 1.95 bits per heavy atom. The molecule has 0 amide bonds. The van der Waals surface area contributed by atoms with Crippen molar-refractivity contribution < 1.29 is 4.74 Å². The molecule has 100 valence electrons. The summed E-state index contributed by atoms with van der Waals surface area (Å²) in [4.78, 5) is 0. The van der Waals surface area contributed by atoms with Gasteiger partial charge in [-0.25, -0.2) is 0 Å². The maximum absolute atomic E-state index is 6.08. The van der Waals surface area contributed by atoms with Crippen LogP contribution in [-0.2, 0) is 0 Å². The summed E-state index contributed by atoms with van der Waals surface area (Å²) in [5, 5.41) is 4.06. The molecule has 0 saturated carbocycles. The summed E-state index contributed by atoms with van der Waals surface area (Å²) in [5.74, 6) is 0.907. The number of para-hydroxylation sites is 1. The van der Waals surface area contributed by atoms with Gasteiger partial charge in [-0.15, -0.1) is 0 Å². The van der Waals surface area contributed by atoms with Crippen LogP contribution in [-0.4, -0.2) is 13.7 Å². The number of benzene rings is 2. The Bertz CT molecular complexity index is 542. The van der Waals surface area contributed by atoms with Crippen LogP contribution in [0.3, 0.4) is 0 Å². The highest BCUT2D eigenvalue weighted by Crippen LogP contribution is 2.30. The van der Waals surface area contributed by atoms with Gasteiger partial charge in [-0.1, -0.05) is 41.9 Å². The highest BCUT2D eigenvalue weighted by Gasteiger charge is 2.16. The highest BCUT2D eigenvalue weighted by atomic mass is 35.5. The third-order valence-corrected chi connectivity index (χ3v) is 3.24. The molecule has 1 atom stereocenters. The first-order valence-corrected chi connectivity index (χ1v) is 6.78. The fourth-order valence-corrected chi connectivity index (χ4v) is 2.39. The number of hydrogen-bond acceptors (Lipinski definition) is 2. The number of halogens is 1. The van der Waals surface area contributed by atoms with Gasteiger partial charge < -0.3 is 10.1 Å². The molecule has 0 aromatic heterocycles. The summed E-state index contributed by atoms with van der Waals surface area (Å²) in [6.45, 7) is 2.65. The number of nitrogens with one attached hydrogen (secondary N) is 1. The Hall–Kier alpha value is -1.51. The fourth-order valence-electron chi connectivity index (χ4n) is 2.19. The van der Waals surface area contributed by atoms with Crippen LogP contribution in [0.25, 0.3) is 0 Å². The van der Waals surface area contributed by atoms with E-state index in [2.05, 4.69) is 17.4 Å². The van der Waals surface area contributed by atoms with E-state index in [4.69, 9.17) is 16.3 Å². The Kier molecular flexibility index (Phi) is 4.83. The van der Waals surface area contributed by atoms with Crippen molar-refractivity contribution in [3.8, 4) is 5.75 Å². The van der Waals surface area contributed by atoms with Gasteiger partial charge in [0.25, 0.3) is 0 Å². The molecule has 0 spiro atoms. The molecule has 0 radical (unpaired) electrons. The maximum atomic E-state index is 6.08. The molecule has 3 heteroatoms. The molecule has 1 unspecified atom stereocenters. The van der Waals surface area contributed by atoms with Crippen LogP contribution in [0.5, 0.6) is 5.75 Å². The number of rotatable bonds is 5. The van der Waals surface area contributed by atoms with Gasteiger partial charge in [-0.3, -0.25) is 0 Å². The Labute approximate surface area is 119 Å². The third-order valence-electron chi connectivity index (χ3n) is 3.00. The molecule has 2 aromatic carbocycles. The maximum Gasteiger partial charge on any atom is 0.124 e. The third kappa shape index (κ3) is 3.28. The molecule has 0 fully saturated rings. The second-order valence-electron chi connectivity index (χ2n) is 4.25. The van der Waals surface area contributed by atoms with E-state index in [0.29, 0.717) is 6.61 Å². The van der Waals surface area contributed by atoms with Gasteiger partial charge in [-0.05, 0) is 37.7 Å². The van der Waals surface area contributed by atoms with E-state index in [-0.39, 0.29) is 6.04 Å². The first kappa shape index (κ1) is 13.9. The van der Waals surface area contributed by atoms with E-state index in [1.54, 1.807) is 0 Å². The van der Waals surface area contributed by atoms with Gasteiger partial charge >= 0.3 is 0 Å². The lowest BCUT2D eigenvalue weighted by Gasteiger charge is -2.20. The minimum absolute atomic E-state index is 0.0708. The van der Waals surface area contributed by atoms with Crippen LogP contribution in [0, 0.1) is 0 Å². The van der Waals surface area contributed by atoms with Gasteiger partial charge in [0, 0.05) is 10.6 Å². The molecule has 0 aliphatic heterocycles. The predicted octanol–water partition coefficient (Wildman–Crippen LogP) is 4.05. The van der Waals surface area contributed by atoms with Crippen LogP contribution in [0.2, 0.25) is 5.02 Å². The normalized spacial score (nSPS) is 12.2. The summed E-state index contributed by atoms with van der Waals surface area (Å²) in [6, 6.07) is 16.0. The molecule has 2 rings (SSSR count). The van der Waals surface area contributed by atoms with Gasteiger partial charge in [0.2, 0.25) is 0 Å². The minimum atomic E-state index is 0.0708. The average molecular weight is 276 g/mol. The first-order chi connectivity index (χ1) is 9.26. The van der Waals surface area contributed by atoms with E-state index in [1.807, 2.05) is 50.4 Å². The minimum Gasteiger partial charge on any atom is -0.494 e. The molecular formula is C16H18ClNO. The smallest absolute Gasteiger partial charge is 0.124 e. The fraction of sp³-hybridized carbons (Fsp3) is 0.250. The van der Waals surface area contributed by atoms with E-state index in [9.17, 15) is 0 Å². The van der Waals surface area contributed by atoms with Crippen LogP contribution < -0.4 is 10.1 Å². The van der Waals surface area contributed by atoms with Crippen molar-refractivity contribution in [2.45, 2.75) is 13.0 Å². The van der Waals surface area contributed by atoms with E-state index < -0.39 is 0 Å². The molecule has 0 saturated heterocycles. The predicted molar refractivity (Wildman–Crippen MR) is 80.0 cm³/mol. The Morgan fingerprint density at radius 3 is 2.63 bits per heavy atom. The summed E-state index contributed by atoms with van der Waals surface area (Å²) >= 11 is 6.08. The van der Waals surface area contributed by atoms with Crippen molar-refractivity contribution in [1.82, 2.24) is 5.32 Å². The first-order valence-electron chi connectivity index (χ1n) is 6.40. The summed E-state index contributed by atoms with van der Waals surface area (Å²) < 4.78 is 5.70. The van der Waals surface area contributed by atoms with Gasteiger partial charge in [0.15, 0.2) is 0 Å². The molecule has 0 heterocycles. The lowest BCUT2D eigenvalue weighted by Crippen LogP contribution is -2.18. The highest BCUT2D eigenvalue weighted by molar-refractivity contribution is 6.30. The number of hydrogen-bond donors (Lipinski definition) is 1. The number of ether oxygens (including phenoxy) is 1.